The average molecular weight is 451 g/mol. The third kappa shape index (κ3) is 4.84. The van der Waals surface area contributed by atoms with Gasteiger partial charge in [-0.05, 0) is 76.1 Å². The van der Waals surface area contributed by atoms with Gasteiger partial charge in [-0.2, -0.15) is 0 Å². The Kier molecular flexibility index (Phi) is 7.05. The second-order valence-electron chi connectivity index (χ2n) is 10.9. The Morgan fingerprint density at radius 1 is 0.909 bits per heavy atom. The molecule has 1 aliphatic carbocycles. The normalized spacial score (nSPS) is 33.2. The van der Waals surface area contributed by atoms with Gasteiger partial charge in [0.2, 0.25) is 0 Å². The maximum Gasteiger partial charge on any atom is 0.328 e. The predicted molar refractivity (Wildman–Crippen MR) is 136 cm³/mol. The van der Waals surface area contributed by atoms with Crippen LogP contribution in [-0.4, -0.2) is 47.5 Å². The number of nitrogens with one attached hydrogen (secondary N) is 1. The SMILES string of the molecule is C[C@H]1C[C@@]23CCN1CCCCCCCCc1ccc(cc1)N2C(=O)NC3=NC1CCCCC1. The first kappa shape index (κ1) is 22.9. The number of nitrogens with zero attached hydrogens (tertiary/aromatic N) is 3. The van der Waals surface area contributed by atoms with E-state index in [0.29, 0.717) is 12.1 Å². The van der Waals surface area contributed by atoms with Crippen LogP contribution in [0.3, 0.4) is 0 Å². The quantitative estimate of drug-likeness (QED) is 0.565. The van der Waals surface area contributed by atoms with Gasteiger partial charge in [0.1, 0.15) is 11.4 Å². The average Bonchev–Trinajstić information content (AvgIpc) is 3.08. The highest BCUT2D eigenvalue weighted by Gasteiger charge is 2.54. The number of carbonyl (C=O) groups excluding carboxylic acids is 1. The monoisotopic (exact) mass is 450 g/mol. The van der Waals surface area contributed by atoms with Crippen molar-refractivity contribution in [1.82, 2.24) is 10.2 Å². The molecule has 1 saturated carbocycles. The third-order valence-electron chi connectivity index (χ3n) is 8.61. The topological polar surface area (TPSA) is 47.9 Å². The Morgan fingerprint density at radius 3 is 2.36 bits per heavy atom. The minimum atomic E-state index is -0.333. The molecule has 2 amide bonds. The predicted octanol–water partition coefficient (Wildman–Crippen LogP) is 6.07. The van der Waals surface area contributed by atoms with Crippen LogP contribution in [0.4, 0.5) is 10.5 Å². The zero-order valence-electron chi connectivity index (χ0n) is 20.5. The Hall–Kier alpha value is -1.88. The van der Waals surface area contributed by atoms with E-state index in [-0.39, 0.29) is 11.6 Å². The van der Waals surface area contributed by atoms with E-state index in [0.717, 1.165) is 50.2 Å². The fraction of sp³-hybridized carbons (Fsp3) is 0.714. The molecule has 4 bridgehead atoms. The largest absolute Gasteiger partial charge is 0.328 e. The van der Waals surface area contributed by atoms with E-state index in [4.69, 9.17) is 4.99 Å². The molecule has 3 fully saturated rings. The number of aliphatic imine (C=N–C) groups is 1. The molecule has 5 heteroatoms. The lowest BCUT2D eigenvalue weighted by Crippen LogP contribution is -2.59. The Labute approximate surface area is 200 Å². The Balaban J connectivity index is 1.49. The number of amides is 2. The third-order valence-corrected chi connectivity index (χ3v) is 8.61. The minimum absolute atomic E-state index is 0.0101. The van der Waals surface area contributed by atoms with Gasteiger partial charge in [0.05, 0.1) is 6.04 Å². The molecule has 7 aliphatic rings. The lowest BCUT2D eigenvalue weighted by atomic mass is 9.81. The van der Waals surface area contributed by atoms with Crippen molar-refractivity contribution in [3.8, 4) is 0 Å². The van der Waals surface area contributed by atoms with Crippen molar-refractivity contribution in [2.24, 2.45) is 4.99 Å². The summed E-state index contributed by atoms with van der Waals surface area (Å²) in [5, 5.41) is 3.27. The summed E-state index contributed by atoms with van der Waals surface area (Å²) in [4.78, 5) is 23.4. The number of urea groups is 1. The Bertz CT molecular complexity index is 844. The molecule has 5 nitrogen and oxygen atoms in total. The van der Waals surface area contributed by atoms with Crippen LogP contribution in [0.5, 0.6) is 0 Å². The first-order valence-electron chi connectivity index (χ1n) is 13.7. The number of hydrogen-bond donors (Lipinski definition) is 1. The molecule has 1 unspecified atom stereocenters. The molecule has 1 N–H and O–H groups in total. The lowest BCUT2D eigenvalue weighted by molar-refractivity contribution is 0.128. The summed E-state index contributed by atoms with van der Waals surface area (Å²) >= 11 is 0. The Morgan fingerprint density at radius 2 is 1.61 bits per heavy atom. The van der Waals surface area contributed by atoms with Crippen molar-refractivity contribution >= 4 is 17.6 Å². The highest BCUT2D eigenvalue weighted by atomic mass is 16.2. The molecule has 3 atom stereocenters. The molecular formula is C28H42N4O. The van der Waals surface area contributed by atoms with Crippen molar-refractivity contribution in [3.05, 3.63) is 29.8 Å². The van der Waals surface area contributed by atoms with Crippen molar-refractivity contribution < 1.29 is 4.79 Å². The second kappa shape index (κ2) is 10.2. The smallest absolute Gasteiger partial charge is 0.300 e. The van der Waals surface area contributed by atoms with Gasteiger partial charge in [0.15, 0.2) is 0 Å². The number of benzene rings is 1. The van der Waals surface area contributed by atoms with Crippen LogP contribution in [0.25, 0.3) is 0 Å². The van der Waals surface area contributed by atoms with E-state index in [1.54, 1.807) is 0 Å². The fourth-order valence-corrected chi connectivity index (χ4v) is 6.67. The summed E-state index contributed by atoms with van der Waals surface area (Å²) in [5.41, 5.74) is 2.07. The number of anilines is 1. The van der Waals surface area contributed by atoms with E-state index in [9.17, 15) is 4.79 Å². The van der Waals surface area contributed by atoms with Gasteiger partial charge >= 0.3 is 6.03 Å². The first-order valence-corrected chi connectivity index (χ1v) is 13.7. The number of aryl methyl sites for hydroxylation is 1. The van der Waals surface area contributed by atoms with E-state index < -0.39 is 0 Å². The van der Waals surface area contributed by atoms with Crippen LogP contribution in [0, 0.1) is 0 Å². The molecule has 1 aromatic carbocycles. The standard InChI is InChI=1S/C28H42N4O/c1-22-21-28-18-20-31(22)19-10-5-3-2-4-7-11-23-14-16-25(17-15-23)32(28)27(33)30-26(28)29-24-12-8-6-9-13-24/h14-17,22,24H,2-13,18-21H2,1H3,(H,29,30,33)/t22-,28+/m0/s1. The van der Waals surface area contributed by atoms with Crippen molar-refractivity contribution in [3.63, 3.8) is 0 Å². The molecule has 0 aromatic heterocycles. The molecule has 33 heavy (non-hydrogen) atoms. The van der Waals surface area contributed by atoms with Crippen LogP contribution in [0.15, 0.2) is 29.3 Å². The summed E-state index contributed by atoms with van der Waals surface area (Å²) < 4.78 is 0. The molecule has 6 aliphatic heterocycles. The molecule has 1 aromatic rings. The molecule has 2 saturated heterocycles. The number of amidine groups is 1. The van der Waals surface area contributed by atoms with Crippen LogP contribution in [-0.2, 0) is 6.42 Å². The number of piperidine rings is 1. The second-order valence-corrected chi connectivity index (χ2v) is 10.9. The van der Waals surface area contributed by atoms with Crippen LogP contribution in [0.1, 0.15) is 96.0 Å². The number of rotatable bonds is 1. The summed E-state index contributed by atoms with van der Waals surface area (Å²) in [6.07, 6.45) is 17.1. The van der Waals surface area contributed by atoms with Gasteiger partial charge in [-0.1, -0.05) is 57.1 Å². The molecule has 6 heterocycles. The highest BCUT2D eigenvalue weighted by molar-refractivity contribution is 6.19. The summed E-state index contributed by atoms with van der Waals surface area (Å²) in [7, 11) is 0. The zero-order chi connectivity index (χ0) is 22.7. The van der Waals surface area contributed by atoms with Crippen molar-refractivity contribution in [2.75, 3.05) is 18.0 Å². The fourth-order valence-electron chi connectivity index (χ4n) is 6.67. The van der Waals surface area contributed by atoms with Gasteiger partial charge in [-0.15, -0.1) is 0 Å². The zero-order valence-corrected chi connectivity index (χ0v) is 20.5. The van der Waals surface area contributed by atoms with Crippen LogP contribution < -0.4 is 10.2 Å². The molecule has 0 radical (unpaired) electrons. The van der Waals surface area contributed by atoms with Gasteiger partial charge in [0.25, 0.3) is 0 Å². The van der Waals surface area contributed by atoms with Gasteiger partial charge in [-0.3, -0.25) is 15.2 Å². The summed E-state index contributed by atoms with van der Waals surface area (Å²) in [6.45, 7) is 4.58. The maximum atomic E-state index is 13.4. The minimum Gasteiger partial charge on any atom is -0.300 e. The van der Waals surface area contributed by atoms with E-state index in [2.05, 4.69) is 46.3 Å². The van der Waals surface area contributed by atoms with Gasteiger partial charge < -0.3 is 4.90 Å². The highest BCUT2D eigenvalue weighted by Crippen LogP contribution is 2.41. The van der Waals surface area contributed by atoms with E-state index in [1.165, 1.54) is 69.9 Å². The number of carbonyl (C=O) groups is 1. The molecule has 1 spiro atoms. The maximum absolute atomic E-state index is 13.4. The van der Waals surface area contributed by atoms with Crippen LogP contribution in [0.2, 0.25) is 0 Å². The number of hydrogen-bond acceptors (Lipinski definition) is 3. The van der Waals surface area contributed by atoms with Crippen molar-refractivity contribution in [2.45, 2.75) is 114 Å². The molecule has 8 rings (SSSR count). The van der Waals surface area contributed by atoms with Crippen LogP contribution >= 0.6 is 0 Å². The summed E-state index contributed by atoms with van der Waals surface area (Å²) in [5.74, 6) is 0.952. The molecular weight excluding hydrogens is 408 g/mol. The van der Waals surface area contributed by atoms with Crippen molar-refractivity contribution in [1.29, 1.82) is 0 Å². The molecule has 180 valence electrons. The lowest BCUT2D eigenvalue weighted by Gasteiger charge is -2.47. The first-order chi connectivity index (χ1) is 16.2. The van der Waals surface area contributed by atoms with Gasteiger partial charge in [-0.25, -0.2) is 4.79 Å². The van der Waals surface area contributed by atoms with E-state index in [1.807, 2.05) is 0 Å². The van der Waals surface area contributed by atoms with Gasteiger partial charge in [0, 0.05) is 18.3 Å². The van der Waals surface area contributed by atoms with E-state index >= 15 is 0 Å². The summed E-state index contributed by atoms with van der Waals surface area (Å²) in [6, 6.07) is 9.65.